The lowest BCUT2D eigenvalue weighted by Gasteiger charge is -2.08. The summed E-state index contributed by atoms with van der Waals surface area (Å²) in [4.78, 5) is 15.1. The number of hydrogen-bond acceptors (Lipinski definition) is 3. The van der Waals surface area contributed by atoms with Crippen molar-refractivity contribution >= 4 is 44.6 Å². The standard InChI is InChI=1S/C13H12BrNO2S/c1-7-4-11(18-6-12(16)17)15-13-8(2)3-9(14)5-10(7)13/h3-5H,6H2,1-2H3,(H,16,17). The highest BCUT2D eigenvalue weighted by Crippen LogP contribution is 2.28. The van der Waals surface area contributed by atoms with Crippen molar-refractivity contribution in [3.05, 3.63) is 33.8 Å². The number of pyridine rings is 1. The van der Waals surface area contributed by atoms with Gasteiger partial charge in [-0.05, 0) is 43.2 Å². The summed E-state index contributed by atoms with van der Waals surface area (Å²) in [6.45, 7) is 4.02. The summed E-state index contributed by atoms with van der Waals surface area (Å²) in [5, 5.41) is 10.5. The maximum Gasteiger partial charge on any atom is 0.313 e. The molecular formula is C13H12BrNO2S. The molecule has 0 aliphatic heterocycles. The Hall–Kier alpha value is -1.07. The fraction of sp³-hybridized carbons (Fsp3) is 0.231. The van der Waals surface area contributed by atoms with Gasteiger partial charge in [0, 0.05) is 9.86 Å². The smallest absolute Gasteiger partial charge is 0.313 e. The highest BCUT2D eigenvalue weighted by atomic mass is 79.9. The average Bonchev–Trinajstić information content (AvgIpc) is 2.28. The minimum atomic E-state index is -0.827. The van der Waals surface area contributed by atoms with E-state index in [0.29, 0.717) is 0 Å². The molecule has 0 amide bonds. The van der Waals surface area contributed by atoms with Crippen molar-refractivity contribution in [3.8, 4) is 0 Å². The Kier molecular flexibility index (Phi) is 3.92. The minimum Gasteiger partial charge on any atom is -0.481 e. The summed E-state index contributed by atoms with van der Waals surface area (Å²) in [7, 11) is 0. The first-order valence-corrected chi connectivity index (χ1v) is 7.17. The number of aryl methyl sites for hydroxylation is 2. The van der Waals surface area contributed by atoms with Crippen LogP contribution in [0, 0.1) is 13.8 Å². The van der Waals surface area contributed by atoms with E-state index in [4.69, 9.17) is 5.11 Å². The molecule has 1 heterocycles. The zero-order chi connectivity index (χ0) is 13.3. The Morgan fingerprint density at radius 2 is 2.06 bits per heavy atom. The fourth-order valence-corrected chi connectivity index (χ4v) is 3.06. The van der Waals surface area contributed by atoms with Crippen LogP contribution in [-0.4, -0.2) is 21.8 Å². The SMILES string of the molecule is Cc1cc(SCC(=O)O)nc2c(C)cc(Br)cc12. The molecule has 0 fully saturated rings. The van der Waals surface area contributed by atoms with Crippen molar-refractivity contribution in [2.45, 2.75) is 18.9 Å². The van der Waals surface area contributed by atoms with Crippen LogP contribution in [0.4, 0.5) is 0 Å². The van der Waals surface area contributed by atoms with Crippen molar-refractivity contribution in [2.24, 2.45) is 0 Å². The van der Waals surface area contributed by atoms with Crippen molar-refractivity contribution < 1.29 is 9.90 Å². The molecule has 0 bridgehead atoms. The van der Waals surface area contributed by atoms with E-state index in [9.17, 15) is 4.79 Å². The van der Waals surface area contributed by atoms with Crippen LogP contribution in [0.15, 0.2) is 27.7 Å². The van der Waals surface area contributed by atoms with Crippen LogP contribution in [0.5, 0.6) is 0 Å². The van der Waals surface area contributed by atoms with Crippen molar-refractivity contribution in [1.29, 1.82) is 0 Å². The molecule has 3 nitrogen and oxygen atoms in total. The molecule has 0 radical (unpaired) electrons. The monoisotopic (exact) mass is 325 g/mol. The lowest BCUT2D eigenvalue weighted by Crippen LogP contribution is -1.99. The van der Waals surface area contributed by atoms with Gasteiger partial charge in [0.25, 0.3) is 0 Å². The largest absolute Gasteiger partial charge is 0.481 e. The second-order valence-corrected chi connectivity index (χ2v) is 5.99. The summed E-state index contributed by atoms with van der Waals surface area (Å²) in [5.74, 6) is -0.792. The number of carboxylic acid groups (broad SMARTS) is 1. The van der Waals surface area contributed by atoms with Crippen LogP contribution in [-0.2, 0) is 4.79 Å². The predicted octanol–water partition coefficient (Wildman–Crippen LogP) is 3.79. The molecule has 0 spiro atoms. The number of carbonyl (C=O) groups is 1. The Balaban J connectivity index is 2.51. The zero-order valence-electron chi connectivity index (χ0n) is 10.0. The van der Waals surface area contributed by atoms with Gasteiger partial charge in [0.1, 0.15) is 0 Å². The van der Waals surface area contributed by atoms with Crippen LogP contribution in [0.3, 0.4) is 0 Å². The molecule has 0 unspecified atom stereocenters. The summed E-state index contributed by atoms with van der Waals surface area (Å²) >= 11 is 4.72. The number of aromatic nitrogens is 1. The number of halogens is 1. The van der Waals surface area contributed by atoms with Gasteiger partial charge >= 0.3 is 5.97 Å². The molecule has 0 aliphatic carbocycles. The molecule has 0 aliphatic rings. The van der Waals surface area contributed by atoms with E-state index < -0.39 is 5.97 Å². The van der Waals surface area contributed by atoms with Gasteiger partial charge in [-0.1, -0.05) is 27.7 Å². The third-order valence-electron chi connectivity index (χ3n) is 2.60. The Morgan fingerprint density at radius 3 is 2.72 bits per heavy atom. The molecule has 1 N–H and O–H groups in total. The number of rotatable bonds is 3. The minimum absolute atomic E-state index is 0.0352. The number of carboxylic acids is 1. The highest BCUT2D eigenvalue weighted by Gasteiger charge is 2.08. The van der Waals surface area contributed by atoms with Crippen molar-refractivity contribution in [1.82, 2.24) is 4.98 Å². The maximum atomic E-state index is 10.6. The average molecular weight is 326 g/mol. The highest BCUT2D eigenvalue weighted by molar-refractivity contribution is 9.10. The van der Waals surface area contributed by atoms with E-state index in [0.717, 1.165) is 31.5 Å². The van der Waals surface area contributed by atoms with Gasteiger partial charge in [0.15, 0.2) is 0 Å². The van der Waals surface area contributed by atoms with Gasteiger partial charge in [0.2, 0.25) is 0 Å². The molecule has 2 aromatic rings. The first-order chi connectivity index (χ1) is 8.47. The van der Waals surface area contributed by atoms with Gasteiger partial charge < -0.3 is 5.11 Å². The van der Waals surface area contributed by atoms with Crippen molar-refractivity contribution in [2.75, 3.05) is 5.75 Å². The van der Waals surface area contributed by atoms with Gasteiger partial charge in [-0.2, -0.15) is 0 Å². The number of nitrogens with zero attached hydrogens (tertiary/aromatic N) is 1. The summed E-state index contributed by atoms with van der Waals surface area (Å²) < 4.78 is 1.03. The number of fused-ring (bicyclic) bond motifs is 1. The van der Waals surface area contributed by atoms with Gasteiger partial charge in [-0.25, -0.2) is 4.98 Å². The topological polar surface area (TPSA) is 50.2 Å². The zero-order valence-corrected chi connectivity index (χ0v) is 12.4. The van der Waals surface area contributed by atoms with Crippen LogP contribution in [0.1, 0.15) is 11.1 Å². The molecule has 94 valence electrons. The molecular weight excluding hydrogens is 314 g/mol. The van der Waals surface area contributed by atoms with Gasteiger partial charge in [-0.3, -0.25) is 4.79 Å². The maximum absolute atomic E-state index is 10.6. The molecule has 0 saturated heterocycles. The summed E-state index contributed by atoms with van der Waals surface area (Å²) in [6, 6.07) is 5.98. The second kappa shape index (κ2) is 5.28. The van der Waals surface area contributed by atoms with Crippen LogP contribution in [0.25, 0.3) is 10.9 Å². The fourth-order valence-electron chi connectivity index (χ4n) is 1.80. The lowest BCUT2D eigenvalue weighted by atomic mass is 10.1. The molecule has 1 aromatic carbocycles. The molecule has 0 saturated carbocycles. The molecule has 2 rings (SSSR count). The van der Waals surface area contributed by atoms with E-state index in [1.54, 1.807) is 0 Å². The van der Waals surface area contributed by atoms with Gasteiger partial charge in [0.05, 0.1) is 16.3 Å². The van der Waals surface area contributed by atoms with E-state index in [-0.39, 0.29) is 5.75 Å². The van der Waals surface area contributed by atoms with E-state index in [1.807, 2.05) is 32.0 Å². The Labute approximate surface area is 118 Å². The van der Waals surface area contributed by atoms with Gasteiger partial charge in [-0.15, -0.1) is 0 Å². The molecule has 0 atom stereocenters. The van der Waals surface area contributed by atoms with Crippen LogP contribution >= 0.6 is 27.7 Å². The number of hydrogen-bond donors (Lipinski definition) is 1. The van der Waals surface area contributed by atoms with Crippen LogP contribution in [0.2, 0.25) is 0 Å². The summed E-state index contributed by atoms with van der Waals surface area (Å²) in [6.07, 6.45) is 0. The molecule has 18 heavy (non-hydrogen) atoms. The third kappa shape index (κ3) is 2.84. The van der Waals surface area contributed by atoms with Crippen LogP contribution < -0.4 is 0 Å². The number of thioether (sulfide) groups is 1. The van der Waals surface area contributed by atoms with Crippen molar-refractivity contribution in [3.63, 3.8) is 0 Å². The first-order valence-electron chi connectivity index (χ1n) is 5.39. The first kappa shape index (κ1) is 13.4. The molecule has 5 heteroatoms. The Morgan fingerprint density at radius 1 is 1.33 bits per heavy atom. The Bertz CT molecular complexity index is 628. The lowest BCUT2D eigenvalue weighted by molar-refractivity contribution is -0.133. The predicted molar refractivity (Wildman–Crippen MR) is 77.3 cm³/mol. The summed E-state index contributed by atoms with van der Waals surface area (Å²) in [5.41, 5.74) is 3.13. The normalized spacial score (nSPS) is 10.8. The quantitative estimate of drug-likeness (QED) is 0.872. The third-order valence-corrected chi connectivity index (χ3v) is 3.95. The van der Waals surface area contributed by atoms with E-state index in [1.165, 1.54) is 11.8 Å². The second-order valence-electron chi connectivity index (χ2n) is 4.08. The van der Waals surface area contributed by atoms with E-state index >= 15 is 0 Å². The number of benzene rings is 1. The molecule has 1 aromatic heterocycles. The number of aliphatic carboxylic acids is 1. The van der Waals surface area contributed by atoms with E-state index in [2.05, 4.69) is 20.9 Å².